The van der Waals surface area contributed by atoms with Gasteiger partial charge in [-0.3, -0.25) is 9.59 Å². The smallest absolute Gasteiger partial charge is 0.858 e. The van der Waals surface area contributed by atoms with Gasteiger partial charge in [-0.15, -0.1) is 5.10 Å². The number of hydrogen-bond donors (Lipinski definition) is 1. The molecule has 49 heavy (non-hydrogen) atoms. The molecule has 0 saturated carbocycles. The molecule has 268 valence electrons. The van der Waals surface area contributed by atoms with Gasteiger partial charge < -0.3 is 10.2 Å². The number of H-pyrrole nitrogens is 1. The average molecular weight is 716 g/mol. The molecule has 0 atom stereocenters. The molecule has 0 spiro atoms. The van der Waals surface area contributed by atoms with Crippen LogP contribution in [0.5, 0.6) is 11.8 Å². The largest absolute Gasteiger partial charge is 2.00 e. The van der Waals surface area contributed by atoms with E-state index in [1.54, 1.807) is 11.6 Å². The number of aromatic amines is 1. The number of unbranched alkanes of at least 4 members (excludes halogenated alkanes) is 12. The van der Waals surface area contributed by atoms with Crippen LogP contribution in [0.2, 0.25) is 0 Å². The second-order valence-corrected chi connectivity index (χ2v) is 12.7. The van der Waals surface area contributed by atoms with Gasteiger partial charge in [0.25, 0.3) is 5.88 Å². The SMILES string of the molecule is CCCCCCCCCC(=O)c1c(C)[nH+]n(-c2ccccc2)c1O.CCCCCCCCCC(=O)c1c(C)nn(-c2ccccc2)c1[O-].[Ni+2]. The molecule has 4 rings (SSSR count). The molecule has 2 aromatic heterocycles. The normalized spacial score (nSPS) is 10.7. The van der Waals surface area contributed by atoms with Crippen LogP contribution in [0.1, 0.15) is 149 Å². The minimum Gasteiger partial charge on any atom is -0.858 e. The van der Waals surface area contributed by atoms with Gasteiger partial charge in [0.2, 0.25) is 5.69 Å². The van der Waals surface area contributed by atoms with Crippen LogP contribution in [0.4, 0.5) is 0 Å². The molecule has 2 aromatic carbocycles. The number of para-hydroxylation sites is 2. The summed E-state index contributed by atoms with van der Waals surface area (Å²) in [5.74, 6) is -0.351. The Kier molecular flexibility index (Phi) is 19.3. The maximum absolute atomic E-state index is 12.5. The van der Waals surface area contributed by atoms with E-state index in [1.807, 2.05) is 67.6 Å². The number of carbonyl (C=O) groups excluding carboxylic acids is 2. The van der Waals surface area contributed by atoms with Gasteiger partial charge in [0.1, 0.15) is 5.69 Å². The first-order chi connectivity index (χ1) is 23.3. The number of carbonyl (C=O) groups is 2. The molecule has 0 aliphatic rings. The Hall–Kier alpha value is -3.71. The number of aromatic hydroxyl groups is 1. The second-order valence-electron chi connectivity index (χ2n) is 12.7. The van der Waals surface area contributed by atoms with E-state index in [2.05, 4.69) is 24.0 Å². The molecule has 0 fully saturated rings. The van der Waals surface area contributed by atoms with Gasteiger partial charge in [0, 0.05) is 25.6 Å². The van der Waals surface area contributed by atoms with E-state index >= 15 is 0 Å². The van der Waals surface area contributed by atoms with Crippen LogP contribution in [-0.2, 0) is 16.5 Å². The fourth-order valence-corrected chi connectivity index (χ4v) is 5.96. The van der Waals surface area contributed by atoms with Crippen molar-refractivity contribution in [2.75, 3.05) is 0 Å². The third kappa shape index (κ3) is 12.9. The van der Waals surface area contributed by atoms with Crippen molar-refractivity contribution >= 4 is 11.6 Å². The van der Waals surface area contributed by atoms with Crippen LogP contribution in [0.15, 0.2) is 60.7 Å². The van der Waals surface area contributed by atoms with Gasteiger partial charge in [0.05, 0.1) is 16.9 Å². The number of rotatable bonds is 20. The molecule has 2 heterocycles. The van der Waals surface area contributed by atoms with Crippen LogP contribution in [0.3, 0.4) is 0 Å². The van der Waals surface area contributed by atoms with Gasteiger partial charge >= 0.3 is 16.5 Å². The van der Waals surface area contributed by atoms with Crippen molar-refractivity contribution in [3.8, 4) is 23.1 Å². The van der Waals surface area contributed by atoms with E-state index in [1.165, 1.54) is 68.9 Å². The summed E-state index contributed by atoms with van der Waals surface area (Å²) >= 11 is 0. The van der Waals surface area contributed by atoms with E-state index in [0.717, 1.165) is 31.4 Å². The maximum atomic E-state index is 12.5. The number of ketones is 2. The molecule has 0 bridgehead atoms. The molecule has 8 nitrogen and oxygen atoms in total. The van der Waals surface area contributed by atoms with Crippen LogP contribution in [0.25, 0.3) is 11.4 Å². The summed E-state index contributed by atoms with van der Waals surface area (Å²) in [7, 11) is 0. The Labute approximate surface area is 303 Å². The zero-order valence-electron chi connectivity index (χ0n) is 29.9. The quantitative estimate of drug-likeness (QED) is 0.0557. The topological polar surface area (TPSA) is 114 Å². The number of nitrogens with one attached hydrogen (secondary N) is 1. The van der Waals surface area contributed by atoms with Crippen LogP contribution in [-0.4, -0.2) is 31.1 Å². The second kappa shape index (κ2) is 22.8. The zero-order chi connectivity index (χ0) is 34.7. The summed E-state index contributed by atoms with van der Waals surface area (Å²) in [5, 5.41) is 30.3. The molecule has 0 saturated heterocycles. The monoisotopic (exact) mass is 714 g/mol. The van der Waals surface area contributed by atoms with Gasteiger partial charge in [-0.25, -0.2) is 4.68 Å². The van der Waals surface area contributed by atoms with E-state index in [0.29, 0.717) is 35.5 Å². The third-order valence-corrected chi connectivity index (χ3v) is 8.70. The Morgan fingerprint density at radius 3 is 1.59 bits per heavy atom. The minimum absolute atomic E-state index is 0. The third-order valence-electron chi connectivity index (χ3n) is 8.70. The summed E-state index contributed by atoms with van der Waals surface area (Å²) < 4.78 is 2.89. The summed E-state index contributed by atoms with van der Waals surface area (Å²) in [5.41, 5.74) is 3.42. The molecule has 0 radical (unpaired) electrons. The van der Waals surface area contributed by atoms with Crippen molar-refractivity contribution in [2.45, 2.75) is 130 Å². The number of hydrogen-bond acceptors (Lipinski definition) is 5. The molecule has 0 amide bonds. The first-order valence-corrected chi connectivity index (χ1v) is 18.1. The minimum atomic E-state index is -0.299. The molecule has 2 N–H and O–H groups in total. The number of benzene rings is 2. The van der Waals surface area contributed by atoms with Crippen molar-refractivity contribution in [1.29, 1.82) is 0 Å². The van der Waals surface area contributed by atoms with Crippen molar-refractivity contribution in [2.24, 2.45) is 0 Å². The molecule has 0 unspecified atom stereocenters. The predicted octanol–water partition coefficient (Wildman–Crippen LogP) is 9.20. The molecule has 9 heteroatoms. The molecule has 4 aromatic rings. The average Bonchev–Trinajstić information content (AvgIpc) is 3.57. The zero-order valence-corrected chi connectivity index (χ0v) is 30.9. The number of aryl methyl sites for hydroxylation is 2. The van der Waals surface area contributed by atoms with Crippen LogP contribution >= 0.6 is 0 Å². The molecule has 0 aliphatic heterocycles. The van der Waals surface area contributed by atoms with Gasteiger partial charge in [0.15, 0.2) is 17.1 Å². The number of aromatic nitrogens is 4. The predicted molar refractivity (Wildman–Crippen MR) is 190 cm³/mol. The summed E-state index contributed by atoms with van der Waals surface area (Å²) in [6, 6.07) is 18.7. The fraction of sp³-hybridized carbons (Fsp3) is 0.500. The van der Waals surface area contributed by atoms with E-state index in [4.69, 9.17) is 0 Å². The van der Waals surface area contributed by atoms with Crippen LogP contribution in [0, 0.1) is 13.8 Å². The van der Waals surface area contributed by atoms with Crippen molar-refractivity contribution in [3.63, 3.8) is 0 Å². The Morgan fingerprint density at radius 2 is 1.10 bits per heavy atom. The summed E-state index contributed by atoms with van der Waals surface area (Å²) in [6.45, 7) is 7.99. The first-order valence-electron chi connectivity index (χ1n) is 18.1. The molecular formula is C40H56N4NiO4+2. The summed E-state index contributed by atoms with van der Waals surface area (Å²) in [6.07, 6.45) is 17.3. The van der Waals surface area contributed by atoms with Crippen molar-refractivity contribution < 1.29 is 41.4 Å². The van der Waals surface area contributed by atoms with Crippen LogP contribution < -0.4 is 10.2 Å². The van der Waals surface area contributed by atoms with E-state index < -0.39 is 0 Å². The first kappa shape index (κ1) is 41.5. The van der Waals surface area contributed by atoms with E-state index in [-0.39, 0.29) is 45.4 Å². The van der Waals surface area contributed by atoms with Crippen molar-refractivity contribution in [1.82, 2.24) is 14.5 Å². The van der Waals surface area contributed by atoms with Gasteiger partial charge in [-0.05, 0) is 44.0 Å². The van der Waals surface area contributed by atoms with Gasteiger partial charge in [-0.1, -0.05) is 132 Å². The van der Waals surface area contributed by atoms with Gasteiger partial charge in [-0.2, -0.15) is 5.10 Å². The maximum Gasteiger partial charge on any atom is 2.00 e. The number of Topliss-reactive ketones (excluding diaryl/α,β-unsaturated/α-hetero) is 2. The summed E-state index contributed by atoms with van der Waals surface area (Å²) in [4.78, 5) is 24.9. The Bertz CT molecular complexity index is 1420. The Morgan fingerprint density at radius 1 is 0.673 bits per heavy atom. The standard InChI is InChI=1S/2C20H28N2O2.Ni/c2*1-3-4-5-6-7-8-12-15-18(23)19-16(2)21-22(20(19)24)17-13-10-9-11-14-17;/h2*9-11,13-14,24H,3-8,12,15H2,1-2H3;/q;;+2. The van der Waals surface area contributed by atoms with Crippen molar-refractivity contribution in [3.05, 3.63) is 83.2 Å². The molecular weight excluding hydrogens is 659 g/mol. The number of nitrogens with zero attached hydrogens (tertiary/aromatic N) is 3. The Balaban J connectivity index is 0.000000333. The molecule has 0 aliphatic carbocycles. The fourth-order valence-electron chi connectivity index (χ4n) is 5.96. The van der Waals surface area contributed by atoms with E-state index in [9.17, 15) is 19.8 Å².